The van der Waals surface area contributed by atoms with E-state index in [1.165, 1.54) is 13.2 Å². The van der Waals surface area contributed by atoms with E-state index in [1.807, 2.05) is 0 Å². The van der Waals surface area contributed by atoms with Gasteiger partial charge in [-0.3, -0.25) is 9.59 Å². The summed E-state index contributed by atoms with van der Waals surface area (Å²) < 4.78 is 54.6. The maximum atomic E-state index is 13.1. The van der Waals surface area contributed by atoms with Gasteiger partial charge in [-0.25, -0.2) is 4.79 Å². The number of ether oxygens (including phenoxy) is 3. The van der Waals surface area contributed by atoms with Crippen molar-refractivity contribution in [3.05, 3.63) is 59.2 Å². The number of esters is 1. The SMILES string of the molecule is COCCOc1ccc(C(F)(F)F)cc1NC(=O)COC(=O)c1cccc(CN2CCCC2=O)c1. The van der Waals surface area contributed by atoms with Crippen molar-refractivity contribution in [1.82, 2.24) is 4.90 Å². The Labute approximate surface area is 199 Å². The summed E-state index contributed by atoms with van der Waals surface area (Å²) in [4.78, 5) is 38.2. The van der Waals surface area contributed by atoms with Gasteiger partial charge in [-0.2, -0.15) is 13.2 Å². The second-order valence-corrected chi connectivity index (χ2v) is 7.79. The number of alkyl halides is 3. The van der Waals surface area contributed by atoms with E-state index in [-0.39, 0.29) is 36.1 Å². The Hall–Kier alpha value is -3.60. The van der Waals surface area contributed by atoms with Crippen molar-refractivity contribution in [2.45, 2.75) is 25.6 Å². The van der Waals surface area contributed by atoms with Crippen LogP contribution in [0.2, 0.25) is 0 Å². The minimum atomic E-state index is -4.62. The largest absolute Gasteiger partial charge is 0.489 e. The van der Waals surface area contributed by atoms with Gasteiger partial charge in [0.2, 0.25) is 5.91 Å². The van der Waals surface area contributed by atoms with Gasteiger partial charge in [0.05, 0.1) is 23.4 Å². The molecule has 0 aromatic heterocycles. The monoisotopic (exact) mass is 494 g/mol. The van der Waals surface area contributed by atoms with E-state index in [0.717, 1.165) is 30.2 Å². The highest BCUT2D eigenvalue weighted by molar-refractivity contribution is 5.96. The molecule has 2 aromatic rings. The summed E-state index contributed by atoms with van der Waals surface area (Å²) in [6.45, 7) is 0.541. The van der Waals surface area contributed by atoms with Crippen LogP contribution in [0.5, 0.6) is 5.75 Å². The van der Waals surface area contributed by atoms with Gasteiger partial charge >= 0.3 is 12.1 Å². The summed E-state index contributed by atoms with van der Waals surface area (Å²) >= 11 is 0. The average Bonchev–Trinajstić information content (AvgIpc) is 3.22. The van der Waals surface area contributed by atoms with Gasteiger partial charge < -0.3 is 24.4 Å². The van der Waals surface area contributed by atoms with Crippen molar-refractivity contribution < 1.29 is 41.8 Å². The quantitative estimate of drug-likeness (QED) is 0.400. The normalized spacial score (nSPS) is 13.6. The zero-order valence-corrected chi connectivity index (χ0v) is 19.0. The molecule has 2 amide bonds. The number of rotatable bonds is 10. The third-order valence-electron chi connectivity index (χ3n) is 5.17. The molecule has 1 N–H and O–H groups in total. The van der Waals surface area contributed by atoms with Gasteiger partial charge in [0.15, 0.2) is 6.61 Å². The van der Waals surface area contributed by atoms with Crippen LogP contribution in [0.15, 0.2) is 42.5 Å². The van der Waals surface area contributed by atoms with E-state index in [0.29, 0.717) is 19.5 Å². The van der Waals surface area contributed by atoms with E-state index in [1.54, 1.807) is 23.1 Å². The molecular formula is C24H25F3N2O6. The van der Waals surface area contributed by atoms with Crippen molar-refractivity contribution in [2.24, 2.45) is 0 Å². The molecule has 0 spiro atoms. The molecule has 8 nitrogen and oxygen atoms in total. The first-order chi connectivity index (χ1) is 16.7. The first-order valence-corrected chi connectivity index (χ1v) is 10.8. The number of methoxy groups -OCH3 is 1. The molecule has 3 rings (SSSR count). The number of halogens is 3. The van der Waals surface area contributed by atoms with Crippen LogP contribution in [0.25, 0.3) is 0 Å². The summed E-state index contributed by atoms with van der Waals surface area (Å²) in [6.07, 6.45) is -3.33. The second kappa shape index (κ2) is 11.7. The van der Waals surface area contributed by atoms with Gasteiger partial charge in [0.1, 0.15) is 12.4 Å². The van der Waals surface area contributed by atoms with Crippen LogP contribution in [0, 0.1) is 0 Å². The van der Waals surface area contributed by atoms with E-state index in [9.17, 15) is 27.6 Å². The molecule has 188 valence electrons. The fourth-order valence-corrected chi connectivity index (χ4v) is 3.45. The van der Waals surface area contributed by atoms with Crippen LogP contribution in [0.4, 0.5) is 18.9 Å². The van der Waals surface area contributed by atoms with E-state index >= 15 is 0 Å². The summed E-state index contributed by atoms with van der Waals surface area (Å²) in [5, 5.41) is 2.30. The Morgan fingerprint density at radius 2 is 1.91 bits per heavy atom. The molecule has 1 aliphatic rings. The minimum Gasteiger partial charge on any atom is -0.489 e. The maximum absolute atomic E-state index is 13.1. The molecule has 0 aliphatic carbocycles. The van der Waals surface area contributed by atoms with Gasteiger partial charge in [-0.1, -0.05) is 12.1 Å². The van der Waals surface area contributed by atoms with Crippen LogP contribution < -0.4 is 10.1 Å². The Morgan fingerprint density at radius 1 is 1.11 bits per heavy atom. The highest BCUT2D eigenvalue weighted by atomic mass is 19.4. The van der Waals surface area contributed by atoms with Gasteiger partial charge in [0, 0.05) is 26.6 Å². The molecule has 0 saturated carbocycles. The van der Waals surface area contributed by atoms with Gasteiger partial charge in [-0.05, 0) is 42.3 Å². The number of carbonyl (C=O) groups is 3. The van der Waals surface area contributed by atoms with Crippen LogP contribution >= 0.6 is 0 Å². The van der Waals surface area contributed by atoms with Crippen LogP contribution in [0.1, 0.15) is 34.3 Å². The Bertz CT molecular complexity index is 1070. The molecule has 1 saturated heterocycles. The first kappa shape index (κ1) is 26.0. The molecule has 0 bridgehead atoms. The fourth-order valence-electron chi connectivity index (χ4n) is 3.45. The number of benzene rings is 2. The molecule has 0 radical (unpaired) electrons. The Balaban J connectivity index is 1.61. The van der Waals surface area contributed by atoms with Crippen molar-refractivity contribution in [3.63, 3.8) is 0 Å². The zero-order chi connectivity index (χ0) is 25.4. The number of anilines is 1. The topological polar surface area (TPSA) is 94.2 Å². The lowest BCUT2D eigenvalue weighted by molar-refractivity contribution is -0.137. The summed E-state index contributed by atoms with van der Waals surface area (Å²) in [5.74, 6) is -1.56. The summed E-state index contributed by atoms with van der Waals surface area (Å²) in [6, 6.07) is 9.15. The molecule has 2 aromatic carbocycles. The molecule has 11 heteroatoms. The fraction of sp³-hybridized carbons (Fsp3) is 0.375. The first-order valence-electron chi connectivity index (χ1n) is 10.8. The van der Waals surface area contributed by atoms with E-state index in [4.69, 9.17) is 14.2 Å². The molecule has 1 aliphatic heterocycles. The third-order valence-corrected chi connectivity index (χ3v) is 5.17. The van der Waals surface area contributed by atoms with Crippen LogP contribution in [-0.4, -0.2) is 56.2 Å². The molecule has 35 heavy (non-hydrogen) atoms. The number of likely N-dealkylation sites (tertiary alicyclic amines) is 1. The molecule has 1 fully saturated rings. The summed E-state index contributed by atoms with van der Waals surface area (Å²) in [5.41, 5.74) is -0.267. The molecular weight excluding hydrogens is 469 g/mol. The summed E-state index contributed by atoms with van der Waals surface area (Å²) in [7, 11) is 1.44. The predicted octanol–water partition coefficient (Wildman–Crippen LogP) is 3.65. The highest BCUT2D eigenvalue weighted by Gasteiger charge is 2.31. The lowest BCUT2D eigenvalue weighted by Gasteiger charge is -2.16. The molecule has 0 unspecified atom stereocenters. The van der Waals surface area contributed by atoms with Crippen molar-refractivity contribution >= 4 is 23.5 Å². The lowest BCUT2D eigenvalue weighted by atomic mass is 10.1. The number of carbonyl (C=O) groups excluding carboxylic acids is 3. The maximum Gasteiger partial charge on any atom is 0.416 e. The van der Waals surface area contributed by atoms with E-state index < -0.39 is 30.2 Å². The number of hydrogen-bond donors (Lipinski definition) is 1. The standard InChI is InChI=1S/C24H25F3N2O6/c1-33-10-11-34-20-8-7-18(24(25,26)27)13-19(20)28-21(30)15-35-23(32)17-5-2-4-16(12-17)14-29-9-3-6-22(29)31/h2,4-5,7-8,12-13H,3,6,9-11,14-15H2,1H3,(H,28,30). The minimum absolute atomic E-state index is 0.0129. The van der Waals surface area contributed by atoms with Crippen molar-refractivity contribution in [2.75, 3.05) is 38.8 Å². The number of hydrogen-bond acceptors (Lipinski definition) is 6. The predicted molar refractivity (Wildman–Crippen MR) is 119 cm³/mol. The van der Waals surface area contributed by atoms with Crippen LogP contribution in [0.3, 0.4) is 0 Å². The smallest absolute Gasteiger partial charge is 0.416 e. The van der Waals surface area contributed by atoms with Crippen molar-refractivity contribution in [3.8, 4) is 5.75 Å². The lowest BCUT2D eigenvalue weighted by Crippen LogP contribution is -2.24. The Kier molecular flexibility index (Phi) is 8.69. The Morgan fingerprint density at radius 3 is 2.60 bits per heavy atom. The zero-order valence-electron chi connectivity index (χ0n) is 19.0. The average molecular weight is 494 g/mol. The van der Waals surface area contributed by atoms with Crippen molar-refractivity contribution in [1.29, 1.82) is 0 Å². The highest BCUT2D eigenvalue weighted by Crippen LogP contribution is 2.35. The van der Waals surface area contributed by atoms with Gasteiger partial charge in [-0.15, -0.1) is 0 Å². The number of nitrogens with zero attached hydrogens (tertiary/aromatic N) is 1. The van der Waals surface area contributed by atoms with Gasteiger partial charge in [0.25, 0.3) is 5.91 Å². The molecule has 0 atom stereocenters. The van der Waals surface area contributed by atoms with E-state index in [2.05, 4.69) is 5.32 Å². The number of nitrogens with one attached hydrogen (secondary N) is 1. The molecule has 1 heterocycles. The second-order valence-electron chi connectivity index (χ2n) is 7.79. The number of amides is 2. The van der Waals surface area contributed by atoms with Crippen LogP contribution in [-0.2, 0) is 31.8 Å². The third kappa shape index (κ3) is 7.44.